The summed E-state index contributed by atoms with van der Waals surface area (Å²) in [7, 11) is 0. The molecule has 0 atom stereocenters. The third-order valence-corrected chi connectivity index (χ3v) is 0.756. The fourth-order valence-electron chi connectivity index (χ4n) is 0.428. The average Bonchev–Trinajstić information content (AvgIpc) is 1.69. The molecule has 0 saturated heterocycles. The number of benzene rings is 1. The van der Waals surface area contributed by atoms with Crippen LogP contribution in [-0.2, 0) is 21.7 Å². The maximum Gasteiger partial charge on any atom is 3.00 e. The second-order valence-corrected chi connectivity index (χ2v) is 1.34. The predicted molar refractivity (Wildman–Crippen MR) is 40.5 cm³/mol. The summed E-state index contributed by atoms with van der Waals surface area (Å²) in [5.41, 5.74) is 0. The van der Waals surface area contributed by atoms with E-state index >= 15 is 0 Å². The summed E-state index contributed by atoms with van der Waals surface area (Å²) in [5.74, 6) is 0.322. The molecule has 1 N–H and O–H groups in total. The fraction of sp³-hybridized carbons (Fsp3) is 0. The maximum atomic E-state index is 8.63. The molecule has 0 amide bonds. The van der Waals surface area contributed by atoms with Gasteiger partial charge in [0.2, 0.25) is 0 Å². The minimum atomic E-state index is 0. The van der Waals surface area contributed by atoms with E-state index in [1.54, 1.807) is 24.3 Å². The Hall–Kier alpha value is 0.267. The van der Waals surface area contributed by atoms with Gasteiger partial charge in [-0.15, -0.1) is 0 Å². The summed E-state index contributed by atoms with van der Waals surface area (Å²) in [5, 5.41) is 8.63. The first-order chi connectivity index (χ1) is 3.39. The minimum Gasteiger partial charge on any atom is -1.00 e. The Morgan fingerprint density at radius 3 is 1.78 bits per heavy atom. The molecule has 0 saturated carbocycles. The van der Waals surface area contributed by atoms with Gasteiger partial charge < -0.3 is 13.7 Å². The molecule has 0 spiro atoms. The van der Waals surface area contributed by atoms with Gasteiger partial charge in [-0.2, -0.15) is 0 Å². The van der Waals surface area contributed by atoms with Crippen molar-refractivity contribution in [2.75, 3.05) is 0 Å². The molecule has 0 bridgehead atoms. The van der Waals surface area contributed by atoms with E-state index in [1.165, 1.54) is 0 Å². The topological polar surface area (TPSA) is 20.2 Å². The van der Waals surface area contributed by atoms with Gasteiger partial charge in [0.05, 0.1) is 0 Å². The van der Waals surface area contributed by atoms with E-state index in [4.69, 9.17) is 5.11 Å². The van der Waals surface area contributed by atoms with Gasteiger partial charge in [0.1, 0.15) is 5.75 Å². The van der Waals surface area contributed by atoms with Crippen molar-refractivity contribution in [2.45, 2.75) is 0 Å². The van der Waals surface area contributed by atoms with Crippen molar-refractivity contribution in [3.05, 3.63) is 30.3 Å². The first-order valence-corrected chi connectivity index (χ1v) is 2.13. The van der Waals surface area contributed by atoms with Crippen LogP contribution in [0.25, 0.3) is 0 Å². The van der Waals surface area contributed by atoms with E-state index in [2.05, 4.69) is 0 Å². The Balaban J connectivity index is -0.0000000102. The van der Waals surface area contributed by atoms with Crippen molar-refractivity contribution in [2.24, 2.45) is 0 Å². The van der Waals surface area contributed by atoms with E-state index in [0.717, 1.165) is 0 Å². The van der Waals surface area contributed by atoms with Crippen molar-refractivity contribution < 1.29 is 35.4 Å². The monoisotopic (exact) mass is 175 g/mol. The Kier molecular flexibility index (Phi) is 8.51. The van der Waals surface area contributed by atoms with Crippen LogP contribution >= 0.6 is 0 Å². The van der Waals surface area contributed by atoms with E-state index in [1.807, 2.05) is 6.07 Å². The van der Waals surface area contributed by atoms with Crippen molar-refractivity contribution >= 4 is 17.4 Å². The molecule has 0 aliphatic carbocycles. The number of para-hydroxylation sites is 1. The molecular weight excluding hydrogens is 163 g/mol. The molecule has 1 aromatic carbocycles. The number of rotatable bonds is 0. The quantitative estimate of drug-likeness (QED) is 0.594. The van der Waals surface area contributed by atoms with Crippen LogP contribution in [0.3, 0.4) is 0 Å². The zero-order valence-electron chi connectivity index (χ0n) is 10.9. The number of hydrogen-bond acceptors (Lipinski definition) is 1. The average molecular weight is 175 g/mol. The normalized spacial score (nSPS) is 6.67. The van der Waals surface area contributed by atoms with E-state index in [9.17, 15) is 0 Å². The second kappa shape index (κ2) is 6.39. The minimum absolute atomic E-state index is 0. The van der Waals surface area contributed by atoms with Crippen LogP contribution in [0.5, 0.6) is 5.75 Å². The molecular formula is C6H12AlOTi. The first kappa shape index (κ1) is 12.0. The van der Waals surface area contributed by atoms with Crippen molar-refractivity contribution in [3.8, 4) is 5.75 Å². The molecule has 0 aliphatic heterocycles. The summed E-state index contributed by atoms with van der Waals surface area (Å²) in [6.07, 6.45) is 0. The number of hydrogen-bond donors (Lipinski definition) is 1. The van der Waals surface area contributed by atoms with Crippen LogP contribution in [-0.4, -0.2) is 22.5 Å². The number of phenolic OH excluding ortho intramolecular Hbond substituents is 1. The van der Waals surface area contributed by atoms with E-state index in [0.29, 0.717) is 5.75 Å². The Morgan fingerprint density at radius 2 is 1.56 bits per heavy atom. The van der Waals surface area contributed by atoms with Gasteiger partial charge in [-0.1, -0.05) is 18.2 Å². The van der Waals surface area contributed by atoms with Crippen LogP contribution in [0.4, 0.5) is 0 Å². The van der Waals surface area contributed by atoms with Crippen LogP contribution in [0.15, 0.2) is 30.3 Å². The predicted octanol–water partition coefficient (Wildman–Crippen LogP) is 1.68. The van der Waals surface area contributed by atoms with Gasteiger partial charge >= 0.3 is 39.1 Å². The molecule has 1 nitrogen and oxygen atoms in total. The first-order valence-electron chi connectivity index (χ1n) is 2.13. The standard InChI is InChI=1S/C6H6O.Al.Ti.6H/c7-6-4-2-1-3-5-6;;;;;;;;/h1-5,7H;;;;;;;;/q;2*+3;6*-1. The summed E-state index contributed by atoms with van der Waals surface area (Å²) in [6.45, 7) is 0. The Bertz CT molecular complexity index is 158. The van der Waals surface area contributed by atoms with Crippen LogP contribution in [0.2, 0.25) is 0 Å². The summed E-state index contributed by atoms with van der Waals surface area (Å²) in [4.78, 5) is 0. The smallest absolute Gasteiger partial charge is 1.00 e. The zero-order valence-corrected chi connectivity index (χ0v) is 7.63. The largest absolute Gasteiger partial charge is 3.00 e. The summed E-state index contributed by atoms with van der Waals surface area (Å²) >= 11 is 0. The molecule has 0 heterocycles. The number of aromatic hydroxyl groups is 1. The molecule has 0 aromatic heterocycles. The number of phenols is 1. The molecule has 1 radical (unpaired) electrons. The second-order valence-electron chi connectivity index (χ2n) is 1.34. The molecule has 49 valence electrons. The van der Waals surface area contributed by atoms with Gasteiger partial charge in [0.25, 0.3) is 0 Å². The van der Waals surface area contributed by atoms with Gasteiger partial charge in [-0.05, 0) is 12.1 Å². The molecule has 0 aliphatic rings. The van der Waals surface area contributed by atoms with Crippen LogP contribution < -0.4 is 0 Å². The van der Waals surface area contributed by atoms with Gasteiger partial charge in [0, 0.05) is 0 Å². The Morgan fingerprint density at radius 1 is 1.11 bits per heavy atom. The van der Waals surface area contributed by atoms with E-state index in [-0.39, 0.29) is 47.6 Å². The zero-order chi connectivity index (χ0) is 5.11. The molecule has 9 heavy (non-hydrogen) atoms. The van der Waals surface area contributed by atoms with Gasteiger partial charge in [-0.25, -0.2) is 0 Å². The van der Waals surface area contributed by atoms with Gasteiger partial charge in [-0.3, -0.25) is 0 Å². The van der Waals surface area contributed by atoms with Crippen molar-refractivity contribution in [1.29, 1.82) is 0 Å². The summed E-state index contributed by atoms with van der Waals surface area (Å²) in [6, 6.07) is 8.71. The maximum absolute atomic E-state index is 8.63. The van der Waals surface area contributed by atoms with Crippen molar-refractivity contribution in [1.82, 2.24) is 0 Å². The van der Waals surface area contributed by atoms with Gasteiger partial charge in [0.15, 0.2) is 0 Å². The third-order valence-electron chi connectivity index (χ3n) is 0.756. The fourth-order valence-corrected chi connectivity index (χ4v) is 0.428. The molecule has 3 heteroatoms. The SMILES string of the molecule is Oc1ccccc1.[Al+3].[H-].[H-].[H-].[H-].[H-].[H-].[Ti+3]. The molecule has 0 unspecified atom stereocenters. The molecule has 0 fully saturated rings. The third kappa shape index (κ3) is 4.75. The summed E-state index contributed by atoms with van der Waals surface area (Å²) < 4.78 is 0. The van der Waals surface area contributed by atoms with Crippen LogP contribution in [0.1, 0.15) is 8.56 Å². The van der Waals surface area contributed by atoms with Crippen molar-refractivity contribution in [3.63, 3.8) is 0 Å². The van der Waals surface area contributed by atoms with E-state index < -0.39 is 0 Å². The Labute approximate surface area is 89.0 Å². The molecule has 1 aromatic rings. The van der Waals surface area contributed by atoms with Crippen LogP contribution in [0, 0.1) is 0 Å². The molecule has 1 rings (SSSR count).